The average Bonchev–Trinajstić information content (AvgIpc) is 2.71. The first kappa shape index (κ1) is 21.3. The maximum absolute atomic E-state index is 13.8. The van der Waals surface area contributed by atoms with E-state index >= 15 is 0 Å². The van der Waals surface area contributed by atoms with Crippen LogP contribution in [0.1, 0.15) is 95.1 Å². The standard InChI is InChI=1S/C25H35F2N/c1-2-3-4-18-7-11-21(12-8-18)22-13-9-19(10-14-22)5-6-20-15-24(26)23(17-28)25(27)16-20/h15-16,18-19,21-22H,2-14H2,1H3. The molecule has 2 aliphatic carbocycles. The summed E-state index contributed by atoms with van der Waals surface area (Å²) in [6, 6.07) is 4.27. The van der Waals surface area contributed by atoms with E-state index in [1.807, 2.05) is 0 Å². The predicted molar refractivity (Wildman–Crippen MR) is 110 cm³/mol. The lowest BCUT2D eigenvalue weighted by Gasteiger charge is -2.38. The number of aryl methyl sites for hydroxylation is 1. The molecule has 0 radical (unpaired) electrons. The Morgan fingerprint density at radius 2 is 1.36 bits per heavy atom. The summed E-state index contributed by atoms with van der Waals surface area (Å²) in [7, 11) is 0. The van der Waals surface area contributed by atoms with E-state index < -0.39 is 17.2 Å². The van der Waals surface area contributed by atoms with Gasteiger partial charge in [-0.3, -0.25) is 0 Å². The minimum atomic E-state index is -0.726. The van der Waals surface area contributed by atoms with Gasteiger partial charge in [-0.1, -0.05) is 51.9 Å². The van der Waals surface area contributed by atoms with E-state index in [0.29, 0.717) is 17.9 Å². The van der Waals surface area contributed by atoms with Crippen LogP contribution in [0.15, 0.2) is 12.1 Å². The number of benzene rings is 1. The van der Waals surface area contributed by atoms with Gasteiger partial charge in [0.1, 0.15) is 23.3 Å². The van der Waals surface area contributed by atoms with E-state index in [9.17, 15) is 8.78 Å². The first-order valence-electron chi connectivity index (χ1n) is 11.5. The molecule has 0 aliphatic heterocycles. The molecule has 0 aromatic heterocycles. The lowest BCUT2D eigenvalue weighted by molar-refractivity contribution is 0.140. The Kier molecular flexibility index (Phi) is 7.89. The second kappa shape index (κ2) is 10.4. The van der Waals surface area contributed by atoms with Gasteiger partial charge < -0.3 is 0 Å². The topological polar surface area (TPSA) is 23.8 Å². The Balaban J connectivity index is 1.40. The molecule has 3 heteroatoms. The van der Waals surface area contributed by atoms with Crippen LogP contribution in [0.2, 0.25) is 0 Å². The van der Waals surface area contributed by atoms with E-state index in [2.05, 4.69) is 6.92 Å². The van der Waals surface area contributed by atoms with Gasteiger partial charge in [0.05, 0.1) is 0 Å². The minimum Gasteiger partial charge on any atom is -0.205 e. The van der Waals surface area contributed by atoms with Crippen molar-refractivity contribution < 1.29 is 8.78 Å². The molecule has 0 N–H and O–H groups in total. The summed E-state index contributed by atoms with van der Waals surface area (Å²) < 4.78 is 27.5. The van der Waals surface area contributed by atoms with Crippen molar-refractivity contribution in [3.8, 4) is 6.07 Å². The van der Waals surface area contributed by atoms with Gasteiger partial charge in [0, 0.05) is 0 Å². The van der Waals surface area contributed by atoms with E-state index in [0.717, 1.165) is 24.2 Å². The molecule has 1 nitrogen and oxygen atoms in total. The second-order valence-electron chi connectivity index (χ2n) is 9.29. The monoisotopic (exact) mass is 387 g/mol. The fourth-order valence-electron chi connectivity index (χ4n) is 5.64. The summed E-state index contributed by atoms with van der Waals surface area (Å²) in [5.74, 6) is 2.07. The molecule has 0 atom stereocenters. The van der Waals surface area contributed by atoms with Gasteiger partial charge in [-0.2, -0.15) is 5.26 Å². The van der Waals surface area contributed by atoms with Crippen LogP contribution in [0.25, 0.3) is 0 Å². The van der Waals surface area contributed by atoms with Crippen molar-refractivity contribution in [2.75, 3.05) is 0 Å². The Morgan fingerprint density at radius 3 is 1.82 bits per heavy atom. The van der Waals surface area contributed by atoms with Crippen molar-refractivity contribution in [3.05, 3.63) is 34.9 Å². The molecule has 2 aliphatic rings. The third-order valence-corrected chi connectivity index (χ3v) is 7.47. The molecular formula is C25H35F2N. The van der Waals surface area contributed by atoms with E-state index in [1.54, 1.807) is 6.07 Å². The molecule has 154 valence electrons. The smallest absolute Gasteiger partial charge is 0.144 e. The Labute approximate surface area is 169 Å². The van der Waals surface area contributed by atoms with Crippen LogP contribution in [-0.4, -0.2) is 0 Å². The van der Waals surface area contributed by atoms with Crippen LogP contribution in [0.3, 0.4) is 0 Å². The van der Waals surface area contributed by atoms with E-state index in [1.165, 1.54) is 82.8 Å². The summed E-state index contributed by atoms with van der Waals surface area (Å²) in [4.78, 5) is 0. The van der Waals surface area contributed by atoms with Crippen molar-refractivity contribution in [1.29, 1.82) is 5.26 Å². The Bertz CT molecular complexity index is 639. The highest BCUT2D eigenvalue weighted by Crippen LogP contribution is 2.43. The molecule has 3 rings (SSSR count). The van der Waals surface area contributed by atoms with Gasteiger partial charge >= 0.3 is 0 Å². The zero-order valence-corrected chi connectivity index (χ0v) is 17.4. The lowest BCUT2D eigenvalue weighted by atomic mass is 9.68. The molecule has 0 heterocycles. The van der Waals surface area contributed by atoms with Crippen molar-refractivity contribution in [2.45, 2.75) is 90.4 Å². The van der Waals surface area contributed by atoms with E-state index in [-0.39, 0.29) is 0 Å². The zero-order valence-electron chi connectivity index (χ0n) is 17.4. The SMILES string of the molecule is CCCCC1CCC(C2CCC(CCc3cc(F)c(C#N)c(F)c3)CC2)CC1. The van der Waals surface area contributed by atoms with Crippen LogP contribution in [0, 0.1) is 46.6 Å². The summed E-state index contributed by atoms with van der Waals surface area (Å²) in [5, 5.41) is 8.78. The quantitative estimate of drug-likeness (QED) is 0.473. The van der Waals surface area contributed by atoms with Gasteiger partial charge in [-0.25, -0.2) is 8.78 Å². The molecule has 0 unspecified atom stereocenters. The van der Waals surface area contributed by atoms with Gasteiger partial charge in [-0.15, -0.1) is 0 Å². The second-order valence-corrected chi connectivity index (χ2v) is 9.29. The number of nitriles is 1. The highest BCUT2D eigenvalue weighted by atomic mass is 19.1. The van der Waals surface area contributed by atoms with Crippen molar-refractivity contribution in [1.82, 2.24) is 0 Å². The first-order valence-corrected chi connectivity index (χ1v) is 11.5. The third kappa shape index (κ3) is 5.56. The number of hydrogen-bond acceptors (Lipinski definition) is 1. The number of halogens is 2. The highest BCUT2D eigenvalue weighted by molar-refractivity contribution is 5.35. The summed E-state index contributed by atoms with van der Waals surface area (Å²) in [6.07, 6.45) is 16.8. The summed E-state index contributed by atoms with van der Waals surface area (Å²) in [5.41, 5.74) is 0.218. The van der Waals surface area contributed by atoms with Crippen LogP contribution in [-0.2, 0) is 6.42 Å². The molecule has 0 saturated heterocycles. The Morgan fingerprint density at radius 1 is 0.857 bits per heavy atom. The maximum atomic E-state index is 13.8. The van der Waals surface area contributed by atoms with Gasteiger partial charge in [0.2, 0.25) is 0 Å². The van der Waals surface area contributed by atoms with E-state index in [4.69, 9.17) is 5.26 Å². The molecule has 0 bridgehead atoms. The minimum absolute atomic E-state index is 0.464. The normalized spacial score (nSPS) is 28.1. The molecule has 0 spiro atoms. The summed E-state index contributed by atoms with van der Waals surface area (Å²) in [6.45, 7) is 2.29. The lowest BCUT2D eigenvalue weighted by Crippen LogP contribution is -2.26. The zero-order chi connectivity index (χ0) is 19.9. The van der Waals surface area contributed by atoms with Crippen LogP contribution < -0.4 is 0 Å². The molecule has 1 aromatic rings. The molecular weight excluding hydrogens is 352 g/mol. The molecule has 2 fully saturated rings. The largest absolute Gasteiger partial charge is 0.205 e. The highest BCUT2D eigenvalue weighted by Gasteiger charge is 2.30. The van der Waals surface area contributed by atoms with Crippen molar-refractivity contribution in [2.24, 2.45) is 23.7 Å². The van der Waals surface area contributed by atoms with Crippen molar-refractivity contribution in [3.63, 3.8) is 0 Å². The number of rotatable bonds is 7. The number of hydrogen-bond donors (Lipinski definition) is 0. The number of unbranched alkanes of at least 4 members (excludes halogenated alkanes) is 1. The molecule has 0 amide bonds. The Hall–Kier alpha value is -1.43. The average molecular weight is 388 g/mol. The predicted octanol–water partition coefficient (Wildman–Crippen LogP) is 7.57. The third-order valence-electron chi connectivity index (χ3n) is 7.47. The van der Waals surface area contributed by atoms with Crippen LogP contribution in [0.5, 0.6) is 0 Å². The van der Waals surface area contributed by atoms with Gasteiger partial charge in [0.25, 0.3) is 0 Å². The molecule has 1 aromatic carbocycles. The van der Waals surface area contributed by atoms with Crippen LogP contribution >= 0.6 is 0 Å². The van der Waals surface area contributed by atoms with Crippen LogP contribution in [0.4, 0.5) is 8.78 Å². The first-order chi connectivity index (χ1) is 13.6. The van der Waals surface area contributed by atoms with Gasteiger partial charge in [0.15, 0.2) is 0 Å². The summed E-state index contributed by atoms with van der Waals surface area (Å²) >= 11 is 0. The maximum Gasteiger partial charge on any atom is 0.144 e. The fourth-order valence-corrected chi connectivity index (χ4v) is 5.64. The number of nitrogens with zero attached hydrogens (tertiary/aromatic N) is 1. The van der Waals surface area contributed by atoms with Gasteiger partial charge in [-0.05, 0) is 79.9 Å². The van der Waals surface area contributed by atoms with Crippen molar-refractivity contribution >= 4 is 0 Å². The fraction of sp³-hybridized carbons (Fsp3) is 0.720. The molecule has 28 heavy (non-hydrogen) atoms. The molecule has 2 saturated carbocycles.